The van der Waals surface area contributed by atoms with Crippen molar-refractivity contribution in [3.05, 3.63) is 23.8 Å². The molecule has 0 aliphatic carbocycles. The maximum absolute atomic E-state index is 11.9. The molecule has 1 atom stereocenters. The summed E-state index contributed by atoms with van der Waals surface area (Å²) in [5.41, 5.74) is 1.32. The number of benzene rings is 1. The molecule has 0 bridgehead atoms. The molecular weight excluding hydrogens is 218 g/mol. The lowest BCUT2D eigenvalue weighted by Crippen LogP contribution is -2.58. The predicted molar refractivity (Wildman–Crippen MR) is 60.8 cm³/mol. The summed E-state index contributed by atoms with van der Waals surface area (Å²) in [7, 11) is 0. The smallest absolute Gasteiger partial charge is 0.241 e. The number of fused-ring (bicyclic) bond motifs is 3. The van der Waals surface area contributed by atoms with Gasteiger partial charge in [0.1, 0.15) is 12.4 Å². The molecule has 1 saturated heterocycles. The van der Waals surface area contributed by atoms with Gasteiger partial charge in [-0.15, -0.1) is 0 Å². The number of rotatable bonds is 0. The van der Waals surface area contributed by atoms with Crippen molar-refractivity contribution in [1.82, 2.24) is 5.32 Å². The molecule has 1 unspecified atom stereocenters. The number of hydrogen-bond donors (Lipinski definition) is 1. The van der Waals surface area contributed by atoms with Crippen LogP contribution in [-0.2, 0) is 4.79 Å². The number of carbonyl (C=O) groups excluding carboxylic acids is 1. The number of nitriles is 1. The van der Waals surface area contributed by atoms with E-state index in [4.69, 9.17) is 10.00 Å². The van der Waals surface area contributed by atoms with E-state index in [-0.39, 0.29) is 11.9 Å². The van der Waals surface area contributed by atoms with Gasteiger partial charge in [0.05, 0.1) is 29.9 Å². The van der Waals surface area contributed by atoms with E-state index in [9.17, 15) is 4.79 Å². The summed E-state index contributed by atoms with van der Waals surface area (Å²) in [6.45, 7) is 1.57. The van der Waals surface area contributed by atoms with Gasteiger partial charge in [-0.05, 0) is 12.1 Å². The van der Waals surface area contributed by atoms with Crippen LogP contribution in [-0.4, -0.2) is 31.6 Å². The van der Waals surface area contributed by atoms with Crippen LogP contribution in [0.4, 0.5) is 5.69 Å². The van der Waals surface area contributed by atoms with Crippen molar-refractivity contribution in [1.29, 1.82) is 5.26 Å². The van der Waals surface area contributed by atoms with Crippen LogP contribution >= 0.6 is 0 Å². The molecule has 2 aliphatic heterocycles. The second kappa shape index (κ2) is 3.75. The Kier molecular flexibility index (Phi) is 2.23. The van der Waals surface area contributed by atoms with E-state index >= 15 is 0 Å². The Morgan fingerprint density at radius 1 is 1.53 bits per heavy atom. The lowest BCUT2D eigenvalue weighted by Gasteiger charge is -2.40. The first-order valence-corrected chi connectivity index (χ1v) is 5.49. The fraction of sp³-hybridized carbons (Fsp3) is 0.333. The molecule has 3 rings (SSSR count). The topological polar surface area (TPSA) is 65.4 Å². The van der Waals surface area contributed by atoms with E-state index in [1.54, 1.807) is 23.1 Å². The first kappa shape index (κ1) is 10.1. The highest BCUT2D eigenvalue weighted by Crippen LogP contribution is 2.35. The van der Waals surface area contributed by atoms with Gasteiger partial charge in [0.15, 0.2) is 0 Å². The van der Waals surface area contributed by atoms with Crippen LogP contribution in [0.1, 0.15) is 5.56 Å². The zero-order valence-corrected chi connectivity index (χ0v) is 9.14. The van der Waals surface area contributed by atoms with Gasteiger partial charge in [-0.25, -0.2) is 0 Å². The van der Waals surface area contributed by atoms with Crippen LogP contribution in [0, 0.1) is 11.3 Å². The van der Waals surface area contributed by atoms with E-state index in [2.05, 4.69) is 11.4 Å². The van der Waals surface area contributed by atoms with Crippen molar-refractivity contribution in [3.63, 3.8) is 0 Å². The largest absolute Gasteiger partial charge is 0.489 e. The van der Waals surface area contributed by atoms with Gasteiger partial charge in [-0.1, -0.05) is 0 Å². The fourth-order valence-electron chi connectivity index (χ4n) is 2.27. The van der Waals surface area contributed by atoms with Crippen LogP contribution < -0.4 is 15.0 Å². The highest BCUT2D eigenvalue weighted by Gasteiger charge is 2.34. The Morgan fingerprint density at radius 3 is 3.24 bits per heavy atom. The van der Waals surface area contributed by atoms with Crippen molar-refractivity contribution in [2.45, 2.75) is 6.04 Å². The van der Waals surface area contributed by atoms with E-state index < -0.39 is 0 Å². The Balaban J connectivity index is 2.05. The monoisotopic (exact) mass is 229 g/mol. The van der Waals surface area contributed by atoms with Crippen LogP contribution in [0.25, 0.3) is 0 Å². The highest BCUT2D eigenvalue weighted by atomic mass is 16.5. The van der Waals surface area contributed by atoms with Crippen molar-refractivity contribution >= 4 is 11.6 Å². The van der Waals surface area contributed by atoms with Crippen LogP contribution in [0.2, 0.25) is 0 Å². The number of nitrogens with zero attached hydrogens (tertiary/aromatic N) is 2. The number of nitrogens with one attached hydrogen (secondary N) is 1. The zero-order valence-electron chi connectivity index (χ0n) is 9.14. The number of ether oxygens (including phenoxy) is 1. The molecule has 5 nitrogen and oxygen atoms in total. The van der Waals surface area contributed by atoms with Gasteiger partial charge in [-0.2, -0.15) is 5.26 Å². The summed E-state index contributed by atoms with van der Waals surface area (Å²) < 4.78 is 5.60. The lowest BCUT2D eigenvalue weighted by atomic mass is 10.1. The molecule has 0 radical (unpaired) electrons. The number of carbonyl (C=O) groups is 1. The van der Waals surface area contributed by atoms with Crippen LogP contribution in [0.3, 0.4) is 0 Å². The van der Waals surface area contributed by atoms with Crippen molar-refractivity contribution in [3.8, 4) is 11.8 Å². The first-order chi connectivity index (χ1) is 8.29. The van der Waals surface area contributed by atoms with E-state index in [1.165, 1.54) is 0 Å². The van der Waals surface area contributed by atoms with Gasteiger partial charge in [0.25, 0.3) is 0 Å². The second-order valence-electron chi connectivity index (χ2n) is 4.15. The minimum absolute atomic E-state index is 0.0514. The standard InChI is InChI=1S/C12H11N3O2/c13-4-8-1-2-10-11(3-8)17-7-9-5-14-6-12(16)15(9)10/h1-3,9,14H,5-7H2. The highest BCUT2D eigenvalue weighted by molar-refractivity contribution is 5.98. The number of hydrogen-bond acceptors (Lipinski definition) is 4. The first-order valence-electron chi connectivity index (χ1n) is 5.49. The van der Waals surface area contributed by atoms with Crippen molar-refractivity contribution in [2.75, 3.05) is 24.6 Å². The fourth-order valence-corrected chi connectivity index (χ4v) is 2.27. The average Bonchev–Trinajstić information content (AvgIpc) is 2.38. The van der Waals surface area contributed by atoms with Gasteiger partial charge >= 0.3 is 0 Å². The molecule has 0 aromatic heterocycles. The Hall–Kier alpha value is -2.06. The predicted octanol–water partition coefficient (Wildman–Crippen LogP) is 0.255. The van der Waals surface area contributed by atoms with Gasteiger partial charge in [0, 0.05) is 12.6 Å². The molecule has 0 saturated carbocycles. The maximum atomic E-state index is 11.9. The third kappa shape index (κ3) is 1.54. The summed E-state index contributed by atoms with van der Waals surface area (Å²) in [4.78, 5) is 13.7. The molecule has 2 heterocycles. The molecule has 5 heteroatoms. The van der Waals surface area contributed by atoms with Gasteiger partial charge in [0.2, 0.25) is 5.91 Å². The summed E-state index contributed by atoms with van der Waals surface area (Å²) in [5.74, 6) is 0.672. The third-order valence-corrected chi connectivity index (χ3v) is 3.07. The molecule has 0 spiro atoms. The number of amides is 1. The molecule has 1 amide bonds. The maximum Gasteiger partial charge on any atom is 0.241 e. The lowest BCUT2D eigenvalue weighted by molar-refractivity contribution is -0.119. The Labute approximate surface area is 98.6 Å². The summed E-state index contributed by atoms with van der Waals surface area (Å²) >= 11 is 0. The molecular formula is C12H11N3O2. The SMILES string of the molecule is N#Cc1ccc2c(c1)OCC1CNCC(=O)N21. The van der Waals surface area contributed by atoms with E-state index in [0.717, 1.165) is 12.2 Å². The summed E-state index contributed by atoms with van der Waals surface area (Å²) in [5, 5.41) is 11.9. The Morgan fingerprint density at radius 2 is 2.41 bits per heavy atom. The molecule has 1 aromatic carbocycles. The van der Waals surface area contributed by atoms with Crippen LogP contribution in [0.15, 0.2) is 18.2 Å². The van der Waals surface area contributed by atoms with Gasteiger partial charge < -0.3 is 15.0 Å². The van der Waals surface area contributed by atoms with E-state index in [1.807, 2.05) is 0 Å². The molecule has 17 heavy (non-hydrogen) atoms. The van der Waals surface area contributed by atoms with Crippen molar-refractivity contribution < 1.29 is 9.53 Å². The summed E-state index contributed by atoms with van der Waals surface area (Å²) in [6, 6.07) is 7.29. The minimum Gasteiger partial charge on any atom is -0.489 e. The number of piperazine rings is 1. The van der Waals surface area contributed by atoms with E-state index in [0.29, 0.717) is 24.5 Å². The summed E-state index contributed by atoms with van der Waals surface area (Å²) in [6.07, 6.45) is 0. The molecule has 86 valence electrons. The second-order valence-corrected chi connectivity index (χ2v) is 4.15. The zero-order chi connectivity index (χ0) is 11.8. The Bertz CT molecular complexity index is 521. The average molecular weight is 229 g/mol. The number of anilines is 1. The molecule has 1 fully saturated rings. The molecule has 1 N–H and O–H groups in total. The van der Waals surface area contributed by atoms with Crippen molar-refractivity contribution in [2.24, 2.45) is 0 Å². The third-order valence-electron chi connectivity index (χ3n) is 3.07. The quantitative estimate of drug-likeness (QED) is 0.692. The molecule has 2 aliphatic rings. The normalized spacial score (nSPS) is 22.2. The molecule has 1 aromatic rings. The minimum atomic E-state index is 0.0514. The van der Waals surface area contributed by atoms with Crippen LogP contribution in [0.5, 0.6) is 5.75 Å². The van der Waals surface area contributed by atoms with Gasteiger partial charge in [-0.3, -0.25) is 4.79 Å².